The van der Waals surface area contributed by atoms with Crippen LogP contribution in [-0.2, 0) is 0 Å². The van der Waals surface area contributed by atoms with E-state index >= 15 is 0 Å². The van der Waals surface area contributed by atoms with Crippen LogP contribution < -0.4 is 4.74 Å². The molecule has 2 nitrogen and oxygen atoms in total. The first-order valence-corrected chi connectivity index (χ1v) is 6.87. The Balaban J connectivity index is 2.28. The van der Waals surface area contributed by atoms with Crippen LogP contribution in [0.25, 0.3) is 11.1 Å². The van der Waals surface area contributed by atoms with Gasteiger partial charge in [-0.25, -0.2) is 8.78 Å². The first-order valence-electron chi connectivity index (χ1n) is 6.34. The van der Waals surface area contributed by atoms with Crippen LogP contribution in [0.1, 0.15) is 12.0 Å². The molecule has 5 heteroatoms. The lowest BCUT2D eigenvalue weighted by Crippen LogP contribution is -2.02. The zero-order valence-electron chi connectivity index (χ0n) is 11.1. The van der Waals surface area contributed by atoms with Gasteiger partial charge in [-0.2, -0.15) is 5.26 Å². The lowest BCUT2D eigenvalue weighted by molar-refractivity contribution is 0.285. The lowest BCUT2D eigenvalue weighted by Gasteiger charge is -2.10. The lowest BCUT2D eigenvalue weighted by atomic mass is 10.0. The maximum Gasteiger partial charge on any atom is 0.190 e. The van der Waals surface area contributed by atoms with E-state index in [1.807, 2.05) is 6.07 Å². The molecule has 0 fully saturated rings. The Kier molecular flexibility index (Phi) is 5.13. The van der Waals surface area contributed by atoms with Gasteiger partial charge in [0.1, 0.15) is 0 Å². The van der Waals surface area contributed by atoms with Gasteiger partial charge in [-0.3, -0.25) is 0 Å². The minimum atomic E-state index is -0.760. The van der Waals surface area contributed by atoms with Crippen molar-refractivity contribution < 1.29 is 13.5 Å². The van der Waals surface area contributed by atoms with E-state index in [2.05, 4.69) is 0 Å². The molecule has 0 saturated heterocycles. The summed E-state index contributed by atoms with van der Waals surface area (Å²) >= 11 is 5.49. The van der Waals surface area contributed by atoms with Gasteiger partial charge in [0, 0.05) is 5.88 Å². The number of benzene rings is 2. The number of ether oxygens (including phenoxy) is 1. The fraction of sp³-hybridized carbons (Fsp3) is 0.188. The first kappa shape index (κ1) is 15.3. The summed E-state index contributed by atoms with van der Waals surface area (Å²) in [6, 6.07) is 10.9. The van der Waals surface area contributed by atoms with Gasteiger partial charge >= 0.3 is 0 Å². The summed E-state index contributed by atoms with van der Waals surface area (Å²) in [7, 11) is 0. The number of hydrogen-bond donors (Lipinski definition) is 0. The Hall–Kier alpha value is -2.12. The third-order valence-corrected chi connectivity index (χ3v) is 3.14. The van der Waals surface area contributed by atoms with Crippen molar-refractivity contribution in [1.82, 2.24) is 0 Å². The molecule has 0 aliphatic carbocycles. The van der Waals surface area contributed by atoms with Crippen molar-refractivity contribution in [3.8, 4) is 22.9 Å². The molecular weight excluding hydrogens is 296 g/mol. The number of halogens is 3. The van der Waals surface area contributed by atoms with Crippen molar-refractivity contribution in [2.24, 2.45) is 0 Å². The average molecular weight is 308 g/mol. The average Bonchev–Trinajstić information content (AvgIpc) is 2.50. The van der Waals surface area contributed by atoms with Gasteiger partial charge in [-0.1, -0.05) is 12.1 Å². The van der Waals surface area contributed by atoms with Gasteiger partial charge in [-0.05, 0) is 41.8 Å². The third-order valence-electron chi connectivity index (χ3n) is 2.87. The summed E-state index contributed by atoms with van der Waals surface area (Å²) < 4.78 is 32.9. The van der Waals surface area contributed by atoms with E-state index in [1.165, 1.54) is 12.1 Å². The third kappa shape index (κ3) is 3.71. The summed E-state index contributed by atoms with van der Waals surface area (Å²) in [6.07, 6.45) is 0.512. The number of hydrogen-bond acceptors (Lipinski definition) is 2. The van der Waals surface area contributed by atoms with Gasteiger partial charge in [0.2, 0.25) is 0 Å². The maximum atomic E-state index is 13.9. The Morgan fingerprint density at radius 3 is 2.19 bits per heavy atom. The normalized spacial score (nSPS) is 10.2. The zero-order chi connectivity index (χ0) is 15.2. The van der Waals surface area contributed by atoms with Crippen LogP contribution in [0.2, 0.25) is 0 Å². The quantitative estimate of drug-likeness (QED) is 0.601. The molecule has 0 aromatic heterocycles. The van der Waals surface area contributed by atoms with Crippen LogP contribution >= 0.6 is 11.6 Å². The van der Waals surface area contributed by atoms with Crippen LogP contribution in [0, 0.1) is 23.0 Å². The molecule has 2 aromatic carbocycles. The molecule has 2 aromatic rings. The molecule has 108 valence electrons. The van der Waals surface area contributed by atoms with E-state index in [9.17, 15) is 8.78 Å². The molecule has 0 saturated carbocycles. The molecule has 0 bridgehead atoms. The van der Waals surface area contributed by atoms with Crippen LogP contribution in [0.4, 0.5) is 8.78 Å². The maximum absolute atomic E-state index is 13.9. The van der Waals surface area contributed by atoms with Crippen molar-refractivity contribution in [3.05, 3.63) is 53.6 Å². The standard InChI is InChI=1S/C16H12ClF2NO/c17-6-1-7-21-16-14(18)8-13(9-15(16)19)12-4-2-11(10-20)3-5-12/h2-5,8-9H,1,6-7H2. The molecule has 0 spiro atoms. The van der Waals surface area contributed by atoms with Crippen LogP contribution in [0.15, 0.2) is 36.4 Å². The predicted octanol–water partition coefficient (Wildman–Crippen LogP) is 4.51. The molecule has 0 heterocycles. The van der Waals surface area contributed by atoms with Crippen molar-refractivity contribution in [1.29, 1.82) is 5.26 Å². The highest BCUT2D eigenvalue weighted by Crippen LogP contribution is 2.29. The van der Waals surface area contributed by atoms with Crippen molar-refractivity contribution in [2.75, 3.05) is 12.5 Å². The summed E-state index contributed by atoms with van der Waals surface area (Å²) in [5, 5.41) is 8.73. The van der Waals surface area contributed by atoms with Gasteiger partial charge < -0.3 is 4.74 Å². The molecular formula is C16H12ClF2NO. The molecule has 0 unspecified atom stereocenters. The van der Waals surface area contributed by atoms with Crippen LogP contribution in [0.5, 0.6) is 5.75 Å². The predicted molar refractivity (Wildman–Crippen MR) is 77.3 cm³/mol. The summed E-state index contributed by atoms with van der Waals surface area (Å²) in [5.41, 5.74) is 1.50. The van der Waals surface area contributed by atoms with E-state index in [4.69, 9.17) is 21.6 Å². The van der Waals surface area contributed by atoms with E-state index in [0.29, 0.717) is 29.0 Å². The Morgan fingerprint density at radius 2 is 1.67 bits per heavy atom. The number of nitrogens with zero attached hydrogens (tertiary/aromatic N) is 1. The molecule has 0 N–H and O–H groups in total. The Morgan fingerprint density at radius 1 is 1.05 bits per heavy atom. The van der Waals surface area contributed by atoms with E-state index in [-0.39, 0.29) is 6.61 Å². The SMILES string of the molecule is N#Cc1ccc(-c2cc(F)c(OCCCCl)c(F)c2)cc1. The van der Waals surface area contributed by atoms with Gasteiger partial charge in [0.05, 0.1) is 18.2 Å². The second-order valence-electron chi connectivity index (χ2n) is 4.35. The summed E-state index contributed by atoms with van der Waals surface area (Å²) in [5.74, 6) is -1.54. The minimum absolute atomic E-state index is 0.160. The Bertz CT molecular complexity index is 642. The van der Waals surface area contributed by atoms with Gasteiger partial charge in [0.25, 0.3) is 0 Å². The second kappa shape index (κ2) is 7.05. The zero-order valence-corrected chi connectivity index (χ0v) is 11.8. The highest BCUT2D eigenvalue weighted by atomic mass is 35.5. The minimum Gasteiger partial charge on any atom is -0.488 e. The Labute approximate surface area is 126 Å². The topological polar surface area (TPSA) is 33.0 Å². The number of alkyl halides is 1. The molecule has 21 heavy (non-hydrogen) atoms. The van der Waals surface area contributed by atoms with Gasteiger partial charge in [-0.15, -0.1) is 11.6 Å². The second-order valence-corrected chi connectivity index (χ2v) is 4.73. The fourth-order valence-corrected chi connectivity index (χ4v) is 1.94. The molecule has 0 aliphatic heterocycles. The molecule has 0 amide bonds. The highest BCUT2D eigenvalue weighted by Gasteiger charge is 2.13. The van der Waals surface area contributed by atoms with E-state index in [0.717, 1.165) is 0 Å². The summed E-state index contributed by atoms with van der Waals surface area (Å²) in [4.78, 5) is 0. The number of rotatable bonds is 5. The fourth-order valence-electron chi connectivity index (χ4n) is 1.83. The summed E-state index contributed by atoms with van der Waals surface area (Å²) in [6.45, 7) is 0.160. The van der Waals surface area contributed by atoms with E-state index in [1.54, 1.807) is 24.3 Å². The van der Waals surface area contributed by atoms with Crippen molar-refractivity contribution in [2.45, 2.75) is 6.42 Å². The van der Waals surface area contributed by atoms with Crippen LogP contribution in [0.3, 0.4) is 0 Å². The van der Waals surface area contributed by atoms with Crippen molar-refractivity contribution >= 4 is 11.6 Å². The number of nitriles is 1. The largest absolute Gasteiger partial charge is 0.488 e. The van der Waals surface area contributed by atoms with Crippen molar-refractivity contribution in [3.63, 3.8) is 0 Å². The molecule has 0 aliphatic rings. The highest BCUT2D eigenvalue weighted by molar-refractivity contribution is 6.17. The smallest absolute Gasteiger partial charge is 0.190 e. The van der Waals surface area contributed by atoms with E-state index < -0.39 is 17.4 Å². The molecule has 0 radical (unpaired) electrons. The molecule has 0 atom stereocenters. The first-order chi connectivity index (χ1) is 10.2. The monoisotopic (exact) mass is 307 g/mol. The van der Waals surface area contributed by atoms with Crippen LogP contribution in [-0.4, -0.2) is 12.5 Å². The van der Waals surface area contributed by atoms with Gasteiger partial charge in [0.15, 0.2) is 17.4 Å². The molecule has 2 rings (SSSR count).